The molecule has 86 valence electrons. The van der Waals surface area contributed by atoms with Crippen molar-refractivity contribution < 1.29 is 14.0 Å². The molecule has 15 heavy (non-hydrogen) atoms. The van der Waals surface area contributed by atoms with Crippen molar-refractivity contribution in [3.63, 3.8) is 0 Å². The van der Waals surface area contributed by atoms with Gasteiger partial charge < -0.3 is 14.0 Å². The number of ether oxygens (including phenoxy) is 1. The molecule has 0 aliphatic carbocycles. The summed E-state index contributed by atoms with van der Waals surface area (Å²) in [5.41, 5.74) is -0.426. The van der Waals surface area contributed by atoms with Gasteiger partial charge in [-0.25, -0.2) is 0 Å². The molecule has 2 aliphatic heterocycles. The van der Waals surface area contributed by atoms with E-state index in [1.807, 2.05) is 0 Å². The first kappa shape index (κ1) is 11.4. The number of rotatable bonds is 1. The molecule has 0 aromatic rings. The van der Waals surface area contributed by atoms with Crippen molar-refractivity contribution in [1.82, 2.24) is 0 Å². The lowest BCUT2D eigenvalue weighted by Gasteiger charge is -2.32. The second kappa shape index (κ2) is 3.76. The van der Waals surface area contributed by atoms with Gasteiger partial charge in [0.25, 0.3) is 0 Å². The van der Waals surface area contributed by atoms with Crippen molar-refractivity contribution in [2.45, 2.75) is 57.6 Å². The normalized spacial score (nSPS) is 34.4. The molecule has 0 N–H and O–H groups in total. The Bertz CT molecular complexity index is 218. The van der Waals surface area contributed by atoms with Crippen molar-refractivity contribution in [3.8, 4) is 0 Å². The van der Waals surface area contributed by atoms with E-state index in [0.29, 0.717) is 5.82 Å². The van der Waals surface area contributed by atoms with Gasteiger partial charge in [-0.15, -0.1) is 0 Å². The maximum Gasteiger partial charge on any atom is 0.463 e. The largest absolute Gasteiger partial charge is 0.463 e. The highest BCUT2D eigenvalue weighted by molar-refractivity contribution is 6.47. The van der Waals surface area contributed by atoms with E-state index in [0.717, 1.165) is 26.1 Å². The van der Waals surface area contributed by atoms with E-state index in [-0.39, 0.29) is 18.3 Å². The molecule has 0 unspecified atom stereocenters. The molecule has 0 aromatic carbocycles. The van der Waals surface area contributed by atoms with Crippen molar-refractivity contribution in [2.75, 3.05) is 13.2 Å². The molecule has 0 saturated carbocycles. The van der Waals surface area contributed by atoms with Gasteiger partial charge >= 0.3 is 7.12 Å². The summed E-state index contributed by atoms with van der Waals surface area (Å²) < 4.78 is 17.5. The first-order chi connectivity index (χ1) is 6.92. The SMILES string of the molecule is CC1(C)OB([C@H]2CCCOC2)OC1(C)C. The van der Waals surface area contributed by atoms with E-state index in [1.54, 1.807) is 0 Å². The Labute approximate surface area is 92.6 Å². The third-order valence-electron chi connectivity index (χ3n) is 3.85. The second-order valence-corrected chi connectivity index (χ2v) is 5.60. The maximum absolute atomic E-state index is 6.00. The van der Waals surface area contributed by atoms with Gasteiger partial charge in [-0.2, -0.15) is 0 Å². The van der Waals surface area contributed by atoms with Crippen LogP contribution < -0.4 is 0 Å². The molecule has 2 heterocycles. The third kappa shape index (κ3) is 2.08. The van der Waals surface area contributed by atoms with Crippen LogP contribution in [0.5, 0.6) is 0 Å². The van der Waals surface area contributed by atoms with Crippen LogP contribution in [0.2, 0.25) is 5.82 Å². The van der Waals surface area contributed by atoms with E-state index < -0.39 is 0 Å². The van der Waals surface area contributed by atoms with Crippen LogP contribution in [0.15, 0.2) is 0 Å². The van der Waals surface area contributed by atoms with Crippen LogP contribution in [0.1, 0.15) is 40.5 Å². The lowest BCUT2D eigenvalue weighted by atomic mass is 9.69. The molecule has 2 fully saturated rings. The fourth-order valence-corrected chi connectivity index (χ4v) is 2.06. The smallest absolute Gasteiger partial charge is 0.403 e. The fraction of sp³-hybridized carbons (Fsp3) is 1.00. The summed E-state index contributed by atoms with van der Waals surface area (Å²) in [5.74, 6) is 0.403. The van der Waals surface area contributed by atoms with E-state index >= 15 is 0 Å². The molecule has 1 atom stereocenters. The standard InChI is InChI=1S/C11H21BO3/c1-10(2)11(3,4)15-12(14-10)9-6-5-7-13-8-9/h9H,5-8H2,1-4H3/t9-/m0/s1. The number of hydrogen-bond acceptors (Lipinski definition) is 3. The Hall–Kier alpha value is -0.0551. The van der Waals surface area contributed by atoms with E-state index in [2.05, 4.69) is 27.7 Å². The predicted octanol–water partition coefficient (Wildman–Crippen LogP) is 2.26. The van der Waals surface area contributed by atoms with Gasteiger partial charge in [0.15, 0.2) is 0 Å². The highest BCUT2D eigenvalue weighted by Gasteiger charge is 2.53. The first-order valence-corrected chi connectivity index (χ1v) is 5.86. The van der Waals surface area contributed by atoms with Gasteiger partial charge in [0, 0.05) is 19.0 Å². The average molecular weight is 212 g/mol. The van der Waals surface area contributed by atoms with Crippen LogP contribution in [0.25, 0.3) is 0 Å². The molecule has 4 heteroatoms. The summed E-state index contributed by atoms with van der Waals surface area (Å²) in [7, 11) is -0.0877. The minimum atomic E-state index is -0.213. The Balaban J connectivity index is 2.02. The van der Waals surface area contributed by atoms with Gasteiger partial charge in [0.05, 0.1) is 11.2 Å². The molecule has 2 rings (SSSR count). The summed E-state index contributed by atoms with van der Waals surface area (Å²) in [6.07, 6.45) is 2.27. The van der Waals surface area contributed by atoms with Gasteiger partial charge in [-0.05, 0) is 40.5 Å². The van der Waals surface area contributed by atoms with E-state index in [9.17, 15) is 0 Å². The zero-order valence-electron chi connectivity index (χ0n) is 10.2. The van der Waals surface area contributed by atoms with Crippen molar-refractivity contribution in [3.05, 3.63) is 0 Å². The van der Waals surface area contributed by atoms with Crippen LogP contribution in [-0.4, -0.2) is 31.5 Å². The van der Waals surface area contributed by atoms with Gasteiger partial charge in [0.2, 0.25) is 0 Å². The molecule has 2 aliphatic rings. The zero-order valence-corrected chi connectivity index (χ0v) is 10.2. The van der Waals surface area contributed by atoms with Crippen molar-refractivity contribution in [1.29, 1.82) is 0 Å². The molecular formula is C11H21BO3. The molecule has 0 spiro atoms. The van der Waals surface area contributed by atoms with Gasteiger partial charge in [-0.1, -0.05) is 0 Å². The average Bonchev–Trinajstić information content (AvgIpc) is 2.38. The van der Waals surface area contributed by atoms with Crippen LogP contribution in [0.3, 0.4) is 0 Å². The number of hydrogen-bond donors (Lipinski definition) is 0. The first-order valence-electron chi connectivity index (χ1n) is 5.86. The summed E-state index contributed by atoms with van der Waals surface area (Å²) in [5, 5.41) is 0. The summed E-state index contributed by atoms with van der Waals surface area (Å²) in [4.78, 5) is 0. The second-order valence-electron chi connectivity index (χ2n) is 5.60. The van der Waals surface area contributed by atoms with Crippen molar-refractivity contribution >= 4 is 7.12 Å². The summed E-state index contributed by atoms with van der Waals surface area (Å²) in [6.45, 7) is 10.0. The molecule has 2 saturated heterocycles. The molecule has 0 radical (unpaired) electrons. The van der Waals surface area contributed by atoms with E-state index in [1.165, 1.54) is 0 Å². The Morgan fingerprint density at radius 1 is 1.07 bits per heavy atom. The Morgan fingerprint density at radius 2 is 1.67 bits per heavy atom. The van der Waals surface area contributed by atoms with Crippen LogP contribution >= 0.6 is 0 Å². The van der Waals surface area contributed by atoms with Gasteiger partial charge in [-0.3, -0.25) is 0 Å². The third-order valence-corrected chi connectivity index (χ3v) is 3.85. The van der Waals surface area contributed by atoms with Crippen LogP contribution in [-0.2, 0) is 14.0 Å². The predicted molar refractivity (Wildman–Crippen MR) is 59.9 cm³/mol. The topological polar surface area (TPSA) is 27.7 Å². The summed E-state index contributed by atoms with van der Waals surface area (Å²) >= 11 is 0. The molecule has 0 bridgehead atoms. The van der Waals surface area contributed by atoms with Crippen LogP contribution in [0, 0.1) is 0 Å². The summed E-state index contributed by atoms with van der Waals surface area (Å²) in [6, 6.07) is 0. The highest BCUT2D eigenvalue weighted by atomic mass is 16.7. The lowest BCUT2D eigenvalue weighted by molar-refractivity contribution is 0.00578. The molecule has 0 aromatic heterocycles. The molecule has 3 nitrogen and oxygen atoms in total. The fourth-order valence-electron chi connectivity index (χ4n) is 2.06. The minimum Gasteiger partial charge on any atom is -0.403 e. The Kier molecular flexibility index (Phi) is 2.86. The molecular weight excluding hydrogens is 191 g/mol. The zero-order chi connectivity index (χ0) is 11.1. The Morgan fingerprint density at radius 3 is 2.13 bits per heavy atom. The minimum absolute atomic E-state index is 0.0877. The monoisotopic (exact) mass is 212 g/mol. The van der Waals surface area contributed by atoms with Crippen LogP contribution in [0.4, 0.5) is 0 Å². The van der Waals surface area contributed by atoms with Crippen molar-refractivity contribution in [2.24, 2.45) is 0 Å². The molecule has 0 amide bonds. The maximum atomic E-state index is 6.00. The quantitative estimate of drug-likeness (QED) is 0.624. The van der Waals surface area contributed by atoms with E-state index in [4.69, 9.17) is 14.0 Å². The lowest BCUT2D eigenvalue weighted by Crippen LogP contribution is -2.41. The highest BCUT2D eigenvalue weighted by Crippen LogP contribution is 2.41. The van der Waals surface area contributed by atoms with Gasteiger partial charge in [0.1, 0.15) is 0 Å².